The van der Waals surface area contributed by atoms with E-state index in [2.05, 4.69) is 121 Å². The number of nitrogens with zero attached hydrogens (tertiary/aromatic N) is 3. The second-order valence-electron chi connectivity index (χ2n) is 13.3. The van der Waals surface area contributed by atoms with E-state index in [-0.39, 0.29) is 5.92 Å². The Morgan fingerprint density at radius 1 is 0.723 bits per heavy atom. The molecule has 1 aromatic heterocycles. The van der Waals surface area contributed by atoms with Gasteiger partial charge in [-0.2, -0.15) is 0 Å². The van der Waals surface area contributed by atoms with Gasteiger partial charge in [-0.3, -0.25) is 0 Å². The number of benzene rings is 3. The van der Waals surface area contributed by atoms with Crippen LogP contribution in [0.4, 0.5) is 0 Å². The molecular weight excluding hydrogens is 591 g/mol. The van der Waals surface area contributed by atoms with E-state index in [1.807, 2.05) is 11.8 Å². The first-order valence-corrected chi connectivity index (χ1v) is 17.8. The lowest BCUT2D eigenvalue weighted by Crippen LogP contribution is -2.28. The highest BCUT2D eigenvalue weighted by molar-refractivity contribution is 8.00. The van der Waals surface area contributed by atoms with Crippen molar-refractivity contribution in [3.05, 3.63) is 158 Å². The Morgan fingerprint density at radius 3 is 2.60 bits per heavy atom. The molecule has 4 heteroatoms. The zero-order valence-electron chi connectivity index (χ0n) is 26.1. The second kappa shape index (κ2) is 10.9. The molecule has 3 atom stereocenters. The highest BCUT2D eigenvalue weighted by Gasteiger charge is 2.31. The van der Waals surface area contributed by atoms with Gasteiger partial charge in [-0.05, 0) is 105 Å². The van der Waals surface area contributed by atoms with Crippen LogP contribution in [0, 0.1) is 0 Å². The summed E-state index contributed by atoms with van der Waals surface area (Å²) in [5, 5.41) is 3.00. The first-order chi connectivity index (χ1) is 23.2. The van der Waals surface area contributed by atoms with E-state index in [0.29, 0.717) is 11.2 Å². The molecule has 0 fully saturated rings. The van der Waals surface area contributed by atoms with Crippen molar-refractivity contribution in [3.63, 3.8) is 0 Å². The molecule has 0 radical (unpaired) electrons. The first-order valence-electron chi connectivity index (χ1n) is 16.9. The molecule has 0 spiro atoms. The van der Waals surface area contributed by atoms with Crippen LogP contribution in [0.5, 0.6) is 0 Å². The number of aryl methyl sites for hydroxylation is 1. The van der Waals surface area contributed by atoms with Gasteiger partial charge in [-0.25, -0.2) is 15.0 Å². The van der Waals surface area contributed by atoms with E-state index in [1.165, 1.54) is 59.9 Å². The second-order valence-corrected chi connectivity index (χ2v) is 14.6. The summed E-state index contributed by atoms with van der Waals surface area (Å²) in [5.74, 6) is 3.03. The summed E-state index contributed by atoms with van der Waals surface area (Å²) in [5.41, 5.74) is 12.0. The standard InChI is InChI=1S/C43H33N3S/c1-2-9-29-23-30(15-13-26(29)7-1)41-44-42(46-43(45-41)32-19-22-40-38(25-32)36-11-5-6-12-39(36)47-40)31-16-14-28-18-20-34-33-10-4-3-8-27(33)17-21-35(34)37(28)24-31/h1-9,11-13,17-21,23-25,30,33,40H,10,14-16,22H2. The van der Waals surface area contributed by atoms with Crippen LogP contribution in [0.15, 0.2) is 108 Å². The Kier molecular flexibility index (Phi) is 6.33. The fourth-order valence-corrected chi connectivity index (χ4v) is 9.42. The molecule has 2 heterocycles. The molecular formula is C43H33N3S. The molecule has 1 aliphatic heterocycles. The van der Waals surface area contributed by atoms with Crippen molar-refractivity contribution in [2.45, 2.75) is 54.1 Å². The van der Waals surface area contributed by atoms with E-state index in [1.54, 1.807) is 0 Å². The molecule has 5 aliphatic carbocycles. The predicted octanol–water partition coefficient (Wildman–Crippen LogP) is 8.45. The molecule has 0 bridgehead atoms. The zero-order valence-corrected chi connectivity index (χ0v) is 26.9. The molecule has 0 saturated heterocycles. The largest absolute Gasteiger partial charge is 0.213 e. The first kappa shape index (κ1) is 27.3. The quantitative estimate of drug-likeness (QED) is 0.230. The maximum absolute atomic E-state index is 5.27. The third-order valence-electron chi connectivity index (χ3n) is 10.6. The minimum absolute atomic E-state index is 0.106. The van der Waals surface area contributed by atoms with E-state index in [0.717, 1.165) is 55.2 Å². The summed E-state index contributed by atoms with van der Waals surface area (Å²) in [6.07, 6.45) is 28.0. The van der Waals surface area contributed by atoms with Gasteiger partial charge in [0.2, 0.25) is 0 Å². The molecule has 47 heavy (non-hydrogen) atoms. The van der Waals surface area contributed by atoms with Crippen molar-refractivity contribution in [1.29, 1.82) is 0 Å². The minimum atomic E-state index is 0.106. The summed E-state index contributed by atoms with van der Waals surface area (Å²) >= 11 is 1.98. The lowest BCUT2D eigenvalue weighted by atomic mass is 9.75. The van der Waals surface area contributed by atoms with Crippen molar-refractivity contribution in [3.8, 4) is 0 Å². The van der Waals surface area contributed by atoms with Crippen LogP contribution in [-0.2, 0) is 6.42 Å². The summed E-state index contributed by atoms with van der Waals surface area (Å²) in [4.78, 5) is 17.1. The average Bonchev–Trinajstić information content (AvgIpc) is 3.52. The van der Waals surface area contributed by atoms with Gasteiger partial charge in [0.15, 0.2) is 11.6 Å². The topological polar surface area (TPSA) is 38.7 Å². The lowest BCUT2D eigenvalue weighted by Gasteiger charge is -2.29. The van der Waals surface area contributed by atoms with Gasteiger partial charge in [0.1, 0.15) is 5.82 Å². The van der Waals surface area contributed by atoms with E-state index < -0.39 is 0 Å². The van der Waals surface area contributed by atoms with Crippen LogP contribution in [0.25, 0.3) is 41.0 Å². The van der Waals surface area contributed by atoms with Crippen LogP contribution in [0.3, 0.4) is 0 Å². The number of hydrogen-bond donors (Lipinski definition) is 0. The normalized spacial score (nSPS) is 22.9. The summed E-state index contributed by atoms with van der Waals surface area (Å²) in [6, 6.07) is 22.1. The number of fused-ring (bicyclic) bond motifs is 9. The molecule has 10 rings (SSSR count). The van der Waals surface area contributed by atoms with Crippen LogP contribution < -0.4 is 10.4 Å². The Labute approximate surface area is 279 Å². The Hall–Kier alpha value is -4.80. The Balaban J connectivity index is 1.10. The van der Waals surface area contributed by atoms with Gasteiger partial charge in [-0.15, -0.1) is 11.8 Å². The highest BCUT2D eigenvalue weighted by atomic mass is 32.2. The Morgan fingerprint density at radius 2 is 1.62 bits per heavy atom. The third kappa shape index (κ3) is 4.61. The lowest BCUT2D eigenvalue weighted by molar-refractivity contribution is 0.782. The smallest absolute Gasteiger partial charge is 0.163 e. The van der Waals surface area contributed by atoms with Crippen LogP contribution in [0.1, 0.15) is 82.8 Å². The molecule has 0 saturated carbocycles. The molecule has 6 aliphatic rings. The van der Waals surface area contributed by atoms with Crippen molar-refractivity contribution < 1.29 is 0 Å². The van der Waals surface area contributed by atoms with E-state index >= 15 is 0 Å². The number of aromatic nitrogens is 3. The SMILES string of the molecule is C1=CCC2C(=C1)C=Cc1c2ccc2c1C=C(c1nc(C3=CCC4Sc5ccccc5C4=C3)nc(C3C=c4ccccc4=CC3)n1)CC2. The molecule has 0 N–H and O–H groups in total. The molecule has 4 aromatic rings. The molecule has 3 unspecified atom stereocenters. The van der Waals surface area contributed by atoms with Crippen molar-refractivity contribution in [2.24, 2.45) is 0 Å². The fraction of sp³-hybridized carbons (Fsp3) is 0.186. The van der Waals surface area contributed by atoms with Gasteiger partial charge in [0, 0.05) is 27.6 Å². The zero-order chi connectivity index (χ0) is 30.9. The maximum Gasteiger partial charge on any atom is 0.163 e. The highest BCUT2D eigenvalue weighted by Crippen LogP contribution is 2.49. The van der Waals surface area contributed by atoms with E-state index in [4.69, 9.17) is 15.0 Å². The van der Waals surface area contributed by atoms with Crippen LogP contribution >= 0.6 is 11.8 Å². The Bertz CT molecular complexity index is 2330. The third-order valence-corrected chi connectivity index (χ3v) is 11.9. The molecule has 3 aromatic carbocycles. The van der Waals surface area contributed by atoms with Gasteiger partial charge in [0.25, 0.3) is 0 Å². The van der Waals surface area contributed by atoms with Gasteiger partial charge >= 0.3 is 0 Å². The average molecular weight is 624 g/mol. The monoisotopic (exact) mass is 623 g/mol. The van der Waals surface area contributed by atoms with Crippen molar-refractivity contribution in [2.75, 3.05) is 0 Å². The van der Waals surface area contributed by atoms with Crippen LogP contribution in [0.2, 0.25) is 0 Å². The van der Waals surface area contributed by atoms with Crippen molar-refractivity contribution >= 4 is 52.8 Å². The summed E-state index contributed by atoms with van der Waals surface area (Å²) in [6.45, 7) is 0. The number of rotatable bonds is 3. The minimum Gasteiger partial charge on any atom is -0.213 e. The van der Waals surface area contributed by atoms with E-state index in [9.17, 15) is 0 Å². The van der Waals surface area contributed by atoms with Gasteiger partial charge in [-0.1, -0.05) is 103 Å². The maximum atomic E-state index is 5.27. The summed E-state index contributed by atoms with van der Waals surface area (Å²) < 4.78 is 0. The van der Waals surface area contributed by atoms with Gasteiger partial charge in [0.05, 0.1) is 0 Å². The van der Waals surface area contributed by atoms with Crippen molar-refractivity contribution in [1.82, 2.24) is 15.0 Å². The van der Waals surface area contributed by atoms with Crippen LogP contribution in [-0.4, -0.2) is 20.2 Å². The number of allylic oxidation sites excluding steroid dienone is 9. The summed E-state index contributed by atoms with van der Waals surface area (Å²) in [7, 11) is 0. The predicted molar refractivity (Wildman–Crippen MR) is 195 cm³/mol. The molecule has 0 amide bonds. The number of thioether (sulfide) groups is 1. The fourth-order valence-electron chi connectivity index (χ4n) is 8.13. The van der Waals surface area contributed by atoms with Gasteiger partial charge < -0.3 is 0 Å². The number of hydrogen-bond acceptors (Lipinski definition) is 4. The molecule has 3 nitrogen and oxygen atoms in total. The molecule has 226 valence electrons.